The van der Waals surface area contributed by atoms with Gasteiger partial charge in [0.1, 0.15) is 0 Å². The van der Waals surface area contributed by atoms with Gasteiger partial charge in [-0.15, -0.1) is 9.98 Å². The highest BCUT2D eigenvalue weighted by molar-refractivity contribution is 5.95. The summed E-state index contributed by atoms with van der Waals surface area (Å²) >= 11 is 0. The van der Waals surface area contributed by atoms with Crippen LogP contribution in [0.3, 0.4) is 0 Å². The smallest absolute Gasteiger partial charge is 0.211 e. The third-order valence-corrected chi connectivity index (χ3v) is 4.31. The number of pyridine rings is 2. The lowest BCUT2D eigenvalue weighted by Crippen LogP contribution is -2.38. The number of nitrogens with two attached hydrogens (primary N) is 2. The molecule has 2 aromatic rings. The highest BCUT2D eigenvalue weighted by Gasteiger charge is 2.12. The van der Waals surface area contributed by atoms with Crippen molar-refractivity contribution in [1.29, 1.82) is 10.5 Å². The number of guanidine groups is 2. The third-order valence-electron chi connectivity index (χ3n) is 4.31. The molecule has 0 aliphatic carbocycles. The Labute approximate surface area is 175 Å². The van der Waals surface area contributed by atoms with Gasteiger partial charge in [-0.25, -0.2) is 0 Å². The van der Waals surface area contributed by atoms with Gasteiger partial charge in [0.05, 0.1) is 23.8 Å². The third kappa shape index (κ3) is 6.77. The first-order valence-corrected chi connectivity index (χ1v) is 9.47. The lowest BCUT2D eigenvalue weighted by molar-refractivity contribution is 0.647. The number of nitriles is 2. The molecule has 30 heavy (non-hydrogen) atoms. The quantitative estimate of drug-likeness (QED) is 0.278. The second-order valence-corrected chi connectivity index (χ2v) is 6.28. The minimum Gasteiger partial charge on any atom is -0.369 e. The van der Waals surface area contributed by atoms with Gasteiger partial charge in [0.2, 0.25) is 24.3 Å². The zero-order valence-electron chi connectivity index (χ0n) is 16.6. The van der Waals surface area contributed by atoms with E-state index in [0.717, 1.165) is 37.1 Å². The van der Waals surface area contributed by atoms with Crippen LogP contribution >= 0.6 is 0 Å². The van der Waals surface area contributed by atoms with Gasteiger partial charge in [0.15, 0.2) is 0 Å². The molecule has 2 heterocycles. The van der Waals surface area contributed by atoms with Crippen LogP contribution in [-0.4, -0.2) is 35.0 Å². The Balaban J connectivity index is 1.87. The number of hydrogen-bond donors (Lipinski definition) is 2. The van der Waals surface area contributed by atoms with Crippen LogP contribution in [0.25, 0.3) is 0 Å². The summed E-state index contributed by atoms with van der Waals surface area (Å²) in [5, 5.41) is 17.6. The average molecular weight is 404 g/mol. The Bertz CT molecular complexity index is 835. The molecule has 0 amide bonds. The van der Waals surface area contributed by atoms with Gasteiger partial charge in [-0.2, -0.15) is 10.5 Å². The van der Waals surface area contributed by atoms with Crippen LogP contribution in [-0.2, 0) is 0 Å². The first kappa shape index (κ1) is 22.1. The molecule has 10 heteroatoms. The second-order valence-electron chi connectivity index (χ2n) is 6.28. The SMILES string of the molecule is N#CN=C(N)N(CCCCCCN(C(N)=NC#N)c1cccnc1)c1cccnc1. The molecule has 0 radical (unpaired) electrons. The maximum absolute atomic E-state index is 8.79. The molecule has 0 unspecified atom stereocenters. The normalized spacial score (nSPS) is 11.4. The van der Waals surface area contributed by atoms with E-state index in [2.05, 4.69) is 20.0 Å². The van der Waals surface area contributed by atoms with Crippen LogP contribution in [0.5, 0.6) is 0 Å². The number of anilines is 2. The van der Waals surface area contributed by atoms with Crippen LogP contribution in [0.4, 0.5) is 11.4 Å². The predicted octanol–water partition coefficient (Wildman–Crippen LogP) is 1.94. The highest BCUT2D eigenvalue weighted by atomic mass is 15.3. The second kappa shape index (κ2) is 12.3. The van der Waals surface area contributed by atoms with Gasteiger partial charge in [-0.1, -0.05) is 12.8 Å². The summed E-state index contributed by atoms with van der Waals surface area (Å²) < 4.78 is 0. The Kier molecular flexibility index (Phi) is 9.08. The summed E-state index contributed by atoms with van der Waals surface area (Å²) in [6.07, 6.45) is 13.7. The van der Waals surface area contributed by atoms with Gasteiger partial charge < -0.3 is 21.3 Å². The Morgan fingerprint density at radius 2 is 1.23 bits per heavy atom. The molecule has 154 valence electrons. The van der Waals surface area contributed by atoms with Crippen molar-refractivity contribution in [3.05, 3.63) is 49.1 Å². The van der Waals surface area contributed by atoms with Gasteiger partial charge in [-0.05, 0) is 37.1 Å². The number of aromatic nitrogens is 2. The minimum atomic E-state index is 0.147. The van der Waals surface area contributed by atoms with Crippen molar-refractivity contribution in [3.63, 3.8) is 0 Å². The Hall–Kier alpha value is -4.18. The molecule has 0 aliphatic rings. The fraction of sp³-hybridized carbons (Fsp3) is 0.300. The zero-order valence-corrected chi connectivity index (χ0v) is 16.6. The number of hydrogen-bond acceptors (Lipinski definition) is 6. The summed E-state index contributed by atoms with van der Waals surface area (Å²) in [6.45, 7) is 1.24. The molecule has 0 spiro atoms. The van der Waals surface area contributed by atoms with E-state index in [1.54, 1.807) is 47.0 Å². The maximum Gasteiger partial charge on any atom is 0.211 e. The molecule has 0 fully saturated rings. The fourth-order valence-electron chi connectivity index (χ4n) is 2.90. The minimum absolute atomic E-state index is 0.147. The van der Waals surface area contributed by atoms with E-state index in [9.17, 15) is 0 Å². The highest BCUT2D eigenvalue weighted by Crippen LogP contribution is 2.15. The van der Waals surface area contributed by atoms with Crippen molar-refractivity contribution in [3.8, 4) is 12.4 Å². The first-order valence-electron chi connectivity index (χ1n) is 9.47. The van der Waals surface area contributed by atoms with Crippen molar-refractivity contribution < 1.29 is 0 Å². The largest absolute Gasteiger partial charge is 0.369 e. The van der Waals surface area contributed by atoms with Crippen LogP contribution in [0.15, 0.2) is 59.0 Å². The van der Waals surface area contributed by atoms with Gasteiger partial charge >= 0.3 is 0 Å². The molecule has 0 saturated carbocycles. The lowest BCUT2D eigenvalue weighted by Gasteiger charge is -2.23. The molecular formula is C20H24N10. The van der Waals surface area contributed by atoms with Crippen LogP contribution in [0.1, 0.15) is 25.7 Å². The zero-order chi connectivity index (χ0) is 21.6. The fourth-order valence-corrected chi connectivity index (χ4v) is 2.90. The van der Waals surface area contributed by atoms with E-state index < -0.39 is 0 Å². The topological polar surface area (TPSA) is 157 Å². The molecule has 0 bridgehead atoms. The lowest BCUT2D eigenvalue weighted by atomic mass is 10.1. The van der Waals surface area contributed by atoms with E-state index in [1.807, 2.05) is 24.3 Å². The number of aliphatic imine (C=N–C) groups is 2. The maximum atomic E-state index is 8.79. The van der Waals surface area contributed by atoms with Gasteiger partial charge in [0.25, 0.3) is 0 Å². The number of rotatable bonds is 9. The monoisotopic (exact) mass is 404 g/mol. The predicted molar refractivity (Wildman–Crippen MR) is 116 cm³/mol. The van der Waals surface area contributed by atoms with E-state index in [1.165, 1.54) is 0 Å². The van der Waals surface area contributed by atoms with Crippen LogP contribution in [0.2, 0.25) is 0 Å². The molecule has 0 atom stereocenters. The molecule has 0 saturated heterocycles. The molecule has 0 aromatic carbocycles. The number of unbranched alkanes of at least 4 members (excludes halogenated alkanes) is 3. The Morgan fingerprint density at radius 1 is 0.800 bits per heavy atom. The van der Waals surface area contributed by atoms with Crippen molar-refractivity contribution in [2.24, 2.45) is 21.5 Å². The molecule has 2 rings (SSSR count). The van der Waals surface area contributed by atoms with Crippen molar-refractivity contribution in [1.82, 2.24) is 9.97 Å². The molecular weight excluding hydrogens is 380 g/mol. The summed E-state index contributed by atoms with van der Waals surface area (Å²) in [5.74, 6) is 0.294. The van der Waals surface area contributed by atoms with E-state index in [0.29, 0.717) is 13.1 Å². The summed E-state index contributed by atoms with van der Waals surface area (Å²) in [7, 11) is 0. The Morgan fingerprint density at radius 3 is 1.57 bits per heavy atom. The molecule has 0 aliphatic heterocycles. The summed E-state index contributed by atoms with van der Waals surface area (Å²) in [4.78, 5) is 19.0. The van der Waals surface area contributed by atoms with Crippen LogP contribution in [0, 0.1) is 22.9 Å². The van der Waals surface area contributed by atoms with Crippen molar-refractivity contribution >= 4 is 23.3 Å². The molecule has 2 aromatic heterocycles. The van der Waals surface area contributed by atoms with E-state index >= 15 is 0 Å². The van der Waals surface area contributed by atoms with Gasteiger partial charge in [-0.3, -0.25) is 9.97 Å². The number of nitrogens with zero attached hydrogens (tertiary/aromatic N) is 8. The molecule has 10 nitrogen and oxygen atoms in total. The average Bonchev–Trinajstić information content (AvgIpc) is 2.77. The van der Waals surface area contributed by atoms with Crippen LogP contribution < -0.4 is 21.3 Å². The van der Waals surface area contributed by atoms with Crippen molar-refractivity contribution in [2.75, 3.05) is 22.9 Å². The summed E-state index contributed by atoms with van der Waals surface area (Å²) in [6, 6.07) is 7.36. The van der Waals surface area contributed by atoms with Crippen molar-refractivity contribution in [2.45, 2.75) is 25.7 Å². The summed E-state index contributed by atoms with van der Waals surface area (Å²) in [5.41, 5.74) is 13.4. The van der Waals surface area contributed by atoms with E-state index in [-0.39, 0.29) is 11.9 Å². The first-order chi connectivity index (χ1) is 14.7. The van der Waals surface area contributed by atoms with Gasteiger partial charge in [0, 0.05) is 25.5 Å². The molecule has 4 N–H and O–H groups in total. The van der Waals surface area contributed by atoms with E-state index in [4.69, 9.17) is 22.0 Å². The standard InChI is InChI=1S/C20H24N10/c21-15-27-19(23)29(17-7-5-9-25-13-17)11-3-1-2-4-12-30(20(24)28-16-22)18-8-6-10-26-14-18/h5-10,13-14H,1-4,11-12H2,(H2,23,27)(H2,24,28).